The molecule has 238 valence electrons. The minimum Gasteiger partial charge on any atom is -0.481 e. The van der Waals surface area contributed by atoms with Gasteiger partial charge in [-0.1, -0.05) is 12.8 Å². The molecule has 4 rings (SSSR count). The number of aryl methyl sites for hydroxylation is 1. The van der Waals surface area contributed by atoms with Crippen molar-refractivity contribution in [1.82, 2.24) is 19.7 Å². The van der Waals surface area contributed by atoms with Crippen LogP contribution in [0.3, 0.4) is 0 Å². The van der Waals surface area contributed by atoms with Gasteiger partial charge in [0.05, 0.1) is 44.1 Å². The molecule has 0 spiro atoms. The fourth-order valence-electron chi connectivity index (χ4n) is 4.81. The summed E-state index contributed by atoms with van der Waals surface area (Å²) in [6.45, 7) is 2.95. The Kier molecular flexibility index (Phi) is 11.8. The maximum Gasteiger partial charge on any atom is 0.416 e. The molecule has 10 nitrogen and oxygen atoms in total. The average Bonchev–Trinajstić information content (AvgIpc) is 3.50. The summed E-state index contributed by atoms with van der Waals surface area (Å²) in [4.78, 5) is 23.3. The van der Waals surface area contributed by atoms with Crippen LogP contribution in [0.2, 0.25) is 0 Å². The summed E-state index contributed by atoms with van der Waals surface area (Å²) in [5.74, 6) is -1.03. The summed E-state index contributed by atoms with van der Waals surface area (Å²) in [6, 6.07) is 10.1. The number of hydrogen-bond acceptors (Lipinski definition) is 6. The summed E-state index contributed by atoms with van der Waals surface area (Å²) in [5, 5.41) is 17.5. The van der Waals surface area contributed by atoms with Crippen LogP contribution in [0.15, 0.2) is 48.7 Å². The molecule has 2 heterocycles. The Hall–Kier alpha value is -3.94. The van der Waals surface area contributed by atoms with Gasteiger partial charge in [-0.05, 0) is 55.3 Å². The molecule has 2 aromatic carbocycles. The Morgan fingerprint density at radius 2 is 1.52 bits per heavy atom. The third-order valence-corrected chi connectivity index (χ3v) is 6.97. The van der Waals surface area contributed by atoms with Crippen molar-refractivity contribution < 1.29 is 42.1 Å². The van der Waals surface area contributed by atoms with Crippen molar-refractivity contribution in [3.05, 3.63) is 59.8 Å². The highest BCUT2D eigenvalue weighted by Crippen LogP contribution is 2.34. The normalized spacial score (nSPS) is 11.9. The zero-order valence-corrected chi connectivity index (χ0v) is 24.6. The van der Waals surface area contributed by atoms with Crippen LogP contribution in [0.4, 0.5) is 13.2 Å². The number of aromatic nitrogens is 3. The van der Waals surface area contributed by atoms with Gasteiger partial charge in [-0.25, -0.2) is 0 Å². The molecule has 0 saturated heterocycles. The summed E-state index contributed by atoms with van der Waals surface area (Å²) in [7, 11) is 1.76. The van der Waals surface area contributed by atoms with Gasteiger partial charge in [-0.3, -0.25) is 18.8 Å². The molecule has 13 heteroatoms. The molecule has 0 bridgehead atoms. The number of amides is 1. The zero-order chi connectivity index (χ0) is 31.5. The van der Waals surface area contributed by atoms with Crippen molar-refractivity contribution in [2.75, 3.05) is 46.2 Å². The predicted octanol–water partition coefficient (Wildman–Crippen LogP) is 5.35. The molecule has 4 aromatic rings. The number of hydrogen-bond donors (Lipinski definition) is 2. The molecule has 0 radical (unpaired) electrons. The SMILES string of the molecule is Cn1cc2c3cc(C(=O)NCCOCCOCCOCCCCCCC(=O)O)ccc3n(-c3ccc(C(F)(F)F)cc3)c2n1. The number of benzene rings is 2. The van der Waals surface area contributed by atoms with E-state index in [1.165, 1.54) is 12.1 Å². The predicted molar refractivity (Wildman–Crippen MR) is 158 cm³/mol. The Morgan fingerprint density at radius 3 is 2.20 bits per heavy atom. The van der Waals surface area contributed by atoms with E-state index in [9.17, 15) is 22.8 Å². The van der Waals surface area contributed by atoms with E-state index in [0.29, 0.717) is 69.5 Å². The van der Waals surface area contributed by atoms with Crippen molar-refractivity contribution in [3.8, 4) is 5.69 Å². The van der Waals surface area contributed by atoms with E-state index in [4.69, 9.17) is 19.3 Å². The summed E-state index contributed by atoms with van der Waals surface area (Å²) in [6.07, 6.45) is 1.02. The van der Waals surface area contributed by atoms with Crippen molar-refractivity contribution in [2.45, 2.75) is 38.3 Å². The first kappa shape index (κ1) is 33.0. The molecule has 0 unspecified atom stereocenters. The molecule has 0 aliphatic rings. The number of unbranched alkanes of at least 4 members (excludes halogenated alkanes) is 3. The Labute approximate surface area is 252 Å². The van der Waals surface area contributed by atoms with Crippen molar-refractivity contribution in [1.29, 1.82) is 0 Å². The van der Waals surface area contributed by atoms with Gasteiger partial charge in [-0.15, -0.1) is 0 Å². The first-order valence-electron chi connectivity index (χ1n) is 14.5. The minimum atomic E-state index is -4.43. The number of ether oxygens (including phenoxy) is 3. The maximum absolute atomic E-state index is 13.1. The van der Waals surface area contributed by atoms with Gasteiger partial charge in [0.25, 0.3) is 5.91 Å². The van der Waals surface area contributed by atoms with E-state index < -0.39 is 17.7 Å². The maximum atomic E-state index is 13.1. The third kappa shape index (κ3) is 9.04. The van der Waals surface area contributed by atoms with E-state index >= 15 is 0 Å². The number of alkyl halides is 3. The van der Waals surface area contributed by atoms with Crippen molar-refractivity contribution in [3.63, 3.8) is 0 Å². The van der Waals surface area contributed by atoms with Crippen LogP contribution >= 0.6 is 0 Å². The number of carbonyl (C=O) groups is 2. The van der Waals surface area contributed by atoms with E-state index in [0.717, 1.165) is 47.7 Å². The lowest BCUT2D eigenvalue weighted by Crippen LogP contribution is -2.27. The van der Waals surface area contributed by atoms with Gasteiger partial charge in [0.1, 0.15) is 0 Å². The number of fused-ring (bicyclic) bond motifs is 3. The molecule has 0 aliphatic carbocycles. The number of nitrogens with zero attached hydrogens (tertiary/aromatic N) is 3. The smallest absolute Gasteiger partial charge is 0.416 e. The third-order valence-electron chi connectivity index (χ3n) is 6.97. The molecular formula is C31H37F3N4O6. The fourth-order valence-corrected chi connectivity index (χ4v) is 4.81. The lowest BCUT2D eigenvalue weighted by atomic mass is 10.1. The Morgan fingerprint density at radius 1 is 0.864 bits per heavy atom. The number of nitrogens with one attached hydrogen (secondary N) is 1. The number of carbonyl (C=O) groups excluding carboxylic acids is 1. The van der Waals surface area contributed by atoms with Gasteiger partial charge >= 0.3 is 12.1 Å². The summed E-state index contributed by atoms with van der Waals surface area (Å²) >= 11 is 0. The minimum absolute atomic E-state index is 0.212. The van der Waals surface area contributed by atoms with Crippen LogP contribution in [0.1, 0.15) is 48.0 Å². The van der Waals surface area contributed by atoms with Crippen LogP contribution in [-0.4, -0.2) is 77.5 Å². The van der Waals surface area contributed by atoms with Crippen LogP contribution in [-0.2, 0) is 32.2 Å². The topological polar surface area (TPSA) is 117 Å². The largest absolute Gasteiger partial charge is 0.481 e. The molecule has 0 aliphatic heterocycles. The van der Waals surface area contributed by atoms with Gasteiger partial charge in [0.2, 0.25) is 0 Å². The molecule has 0 saturated carbocycles. The molecule has 2 N–H and O–H groups in total. The summed E-state index contributed by atoms with van der Waals surface area (Å²) < 4.78 is 59.1. The Bertz CT molecular complexity index is 1530. The lowest BCUT2D eigenvalue weighted by molar-refractivity contribution is -0.138. The molecule has 0 atom stereocenters. The van der Waals surface area contributed by atoms with Crippen LogP contribution < -0.4 is 5.32 Å². The van der Waals surface area contributed by atoms with Gasteiger partial charge < -0.3 is 24.6 Å². The van der Waals surface area contributed by atoms with Gasteiger partial charge in [0, 0.05) is 54.8 Å². The van der Waals surface area contributed by atoms with E-state index in [1.54, 1.807) is 34.5 Å². The van der Waals surface area contributed by atoms with Crippen LogP contribution in [0.5, 0.6) is 0 Å². The number of aliphatic carboxylic acids is 1. The molecule has 1 amide bonds. The first-order chi connectivity index (χ1) is 21.1. The zero-order valence-electron chi connectivity index (χ0n) is 24.6. The second-order valence-corrected chi connectivity index (χ2v) is 10.3. The van der Waals surface area contributed by atoms with Gasteiger partial charge in [-0.2, -0.15) is 18.3 Å². The highest BCUT2D eigenvalue weighted by Gasteiger charge is 2.30. The second-order valence-electron chi connectivity index (χ2n) is 10.3. The highest BCUT2D eigenvalue weighted by molar-refractivity contribution is 6.10. The number of carboxylic acids is 1. The van der Waals surface area contributed by atoms with Crippen molar-refractivity contribution in [2.24, 2.45) is 7.05 Å². The van der Waals surface area contributed by atoms with Gasteiger partial charge in [0.15, 0.2) is 5.65 Å². The van der Waals surface area contributed by atoms with Crippen LogP contribution in [0.25, 0.3) is 27.6 Å². The average molecular weight is 619 g/mol. The van der Waals surface area contributed by atoms with E-state index in [-0.39, 0.29) is 12.3 Å². The standard InChI is InChI=1S/C31H37F3N4O6/c1-37-21-26-25-20-22(7-12-27(25)38(29(26)36-37)24-10-8-23(9-11-24)31(32,33)34)30(41)35-13-15-43-17-19-44-18-16-42-14-5-3-2-4-6-28(39)40/h7-12,20-21H,2-6,13-19H2,1H3,(H,35,41)(H,39,40). The molecule has 44 heavy (non-hydrogen) atoms. The lowest BCUT2D eigenvalue weighted by Gasteiger charge is -2.10. The van der Waals surface area contributed by atoms with E-state index in [2.05, 4.69) is 10.4 Å². The molecule has 2 aromatic heterocycles. The van der Waals surface area contributed by atoms with E-state index in [1.807, 2.05) is 6.20 Å². The Balaban J connectivity index is 1.19. The highest BCUT2D eigenvalue weighted by atomic mass is 19.4. The number of rotatable bonds is 18. The monoisotopic (exact) mass is 618 g/mol. The molecular weight excluding hydrogens is 581 g/mol. The number of halogens is 3. The summed E-state index contributed by atoms with van der Waals surface area (Å²) in [5.41, 5.74) is 1.54. The molecule has 0 fully saturated rings. The second kappa shape index (κ2) is 15.7. The quantitative estimate of drug-likeness (QED) is 0.144. The van der Waals surface area contributed by atoms with Crippen LogP contribution in [0, 0.1) is 0 Å². The van der Waals surface area contributed by atoms with Crippen molar-refractivity contribution >= 4 is 33.8 Å². The first-order valence-corrected chi connectivity index (χ1v) is 14.5. The number of carboxylic acid groups (broad SMARTS) is 1. The fraction of sp³-hybridized carbons (Fsp3) is 0.452.